The van der Waals surface area contributed by atoms with E-state index in [1.165, 1.54) is 0 Å². The van der Waals surface area contributed by atoms with Crippen LogP contribution in [0.4, 0.5) is 13.2 Å². The Morgan fingerprint density at radius 3 is 2.53 bits per heavy atom. The number of Topliss-reactive ketones (excluding diaryl/α,β-unsaturated/α-hetero) is 1. The van der Waals surface area contributed by atoms with Crippen molar-refractivity contribution in [3.05, 3.63) is 0 Å². The van der Waals surface area contributed by atoms with Crippen LogP contribution in [-0.4, -0.2) is 25.0 Å². The SMILES string of the molecule is CCC1(C(=O)CCC(F)(F)F)CCNC1. The number of carbonyl (C=O) groups excluding carboxylic acids is 1. The first kappa shape index (κ1) is 12.5. The number of rotatable bonds is 4. The molecule has 1 fully saturated rings. The van der Waals surface area contributed by atoms with Crippen LogP contribution in [-0.2, 0) is 4.79 Å². The van der Waals surface area contributed by atoms with E-state index >= 15 is 0 Å². The first-order valence-electron chi connectivity index (χ1n) is 5.20. The Bertz CT molecular complexity index is 231. The monoisotopic (exact) mass is 223 g/mol. The second kappa shape index (κ2) is 4.51. The minimum absolute atomic E-state index is 0.243. The molecule has 0 aromatic rings. The molecule has 0 radical (unpaired) electrons. The molecule has 1 aliphatic heterocycles. The van der Waals surface area contributed by atoms with Crippen molar-refractivity contribution in [2.75, 3.05) is 13.1 Å². The molecular formula is C10H16F3NO. The van der Waals surface area contributed by atoms with Gasteiger partial charge in [-0.15, -0.1) is 0 Å². The van der Waals surface area contributed by atoms with Crippen molar-refractivity contribution in [2.45, 2.75) is 38.8 Å². The Labute approximate surface area is 87.2 Å². The molecule has 0 saturated carbocycles. The Morgan fingerprint density at radius 1 is 1.47 bits per heavy atom. The van der Waals surface area contributed by atoms with E-state index in [1.807, 2.05) is 6.92 Å². The summed E-state index contributed by atoms with van der Waals surface area (Å²) in [7, 11) is 0. The lowest BCUT2D eigenvalue weighted by molar-refractivity contribution is -0.147. The number of hydrogen-bond acceptors (Lipinski definition) is 2. The summed E-state index contributed by atoms with van der Waals surface area (Å²) in [4.78, 5) is 11.7. The molecule has 1 heterocycles. The minimum atomic E-state index is -4.23. The second-order valence-corrected chi connectivity index (χ2v) is 4.10. The van der Waals surface area contributed by atoms with E-state index in [-0.39, 0.29) is 12.2 Å². The Balaban J connectivity index is 2.51. The number of hydrogen-bond donors (Lipinski definition) is 1. The predicted molar refractivity (Wildman–Crippen MR) is 50.5 cm³/mol. The molecule has 1 aliphatic rings. The van der Waals surface area contributed by atoms with E-state index in [9.17, 15) is 18.0 Å². The van der Waals surface area contributed by atoms with E-state index in [1.54, 1.807) is 0 Å². The minimum Gasteiger partial charge on any atom is -0.316 e. The van der Waals surface area contributed by atoms with Crippen LogP contribution < -0.4 is 5.32 Å². The summed E-state index contributed by atoms with van der Waals surface area (Å²) in [5.74, 6) is -0.243. The average molecular weight is 223 g/mol. The molecular weight excluding hydrogens is 207 g/mol. The first-order valence-corrected chi connectivity index (χ1v) is 5.20. The van der Waals surface area contributed by atoms with Crippen LogP contribution in [0.3, 0.4) is 0 Å². The first-order chi connectivity index (χ1) is 6.90. The van der Waals surface area contributed by atoms with Gasteiger partial charge >= 0.3 is 6.18 Å². The number of halogens is 3. The number of ketones is 1. The van der Waals surface area contributed by atoms with Crippen molar-refractivity contribution in [1.82, 2.24) is 5.32 Å². The number of carbonyl (C=O) groups is 1. The van der Waals surface area contributed by atoms with E-state index in [4.69, 9.17) is 0 Å². The molecule has 88 valence electrons. The molecule has 0 spiro atoms. The van der Waals surface area contributed by atoms with E-state index < -0.39 is 18.0 Å². The van der Waals surface area contributed by atoms with Crippen LogP contribution in [0.1, 0.15) is 32.6 Å². The maximum Gasteiger partial charge on any atom is 0.389 e. The molecule has 0 aromatic carbocycles. The predicted octanol–water partition coefficient (Wildman–Crippen LogP) is 2.29. The molecule has 5 heteroatoms. The normalized spacial score (nSPS) is 26.9. The summed E-state index contributed by atoms with van der Waals surface area (Å²) in [6.07, 6.45) is -4.31. The van der Waals surface area contributed by atoms with Gasteiger partial charge in [-0.3, -0.25) is 4.79 Å². The molecule has 15 heavy (non-hydrogen) atoms. The molecule has 1 unspecified atom stereocenters. The lowest BCUT2D eigenvalue weighted by Crippen LogP contribution is -2.33. The molecule has 1 N–H and O–H groups in total. The van der Waals surface area contributed by atoms with Gasteiger partial charge in [-0.2, -0.15) is 13.2 Å². The Kier molecular flexibility index (Phi) is 3.76. The third-order valence-corrected chi connectivity index (χ3v) is 3.15. The highest BCUT2D eigenvalue weighted by atomic mass is 19.4. The maximum atomic E-state index is 12.0. The fraction of sp³-hybridized carbons (Fsp3) is 0.900. The largest absolute Gasteiger partial charge is 0.389 e. The van der Waals surface area contributed by atoms with Gasteiger partial charge in [0.05, 0.1) is 6.42 Å². The van der Waals surface area contributed by atoms with Crippen LogP contribution in [0.25, 0.3) is 0 Å². The van der Waals surface area contributed by atoms with Gasteiger partial charge in [0, 0.05) is 18.4 Å². The second-order valence-electron chi connectivity index (χ2n) is 4.10. The summed E-state index contributed by atoms with van der Waals surface area (Å²) < 4.78 is 35.9. The maximum absolute atomic E-state index is 12.0. The van der Waals surface area contributed by atoms with Crippen LogP contribution >= 0.6 is 0 Å². The van der Waals surface area contributed by atoms with Gasteiger partial charge < -0.3 is 5.32 Å². The van der Waals surface area contributed by atoms with Gasteiger partial charge in [-0.05, 0) is 19.4 Å². The van der Waals surface area contributed by atoms with Crippen LogP contribution in [0.5, 0.6) is 0 Å². The zero-order valence-electron chi connectivity index (χ0n) is 8.78. The summed E-state index contributed by atoms with van der Waals surface area (Å²) >= 11 is 0. The van der Waals surface area contributed by atoms with Crippen molar-refractivity contribution >= 4 is 5.78 Å². The summed E-state index contributed by atoms with van der Waals surface area (Å²) in [6, 6.07) is 0. The van der Waals surface area contributed by atoms with Crippen molar-refractivity contribution in [3.8, 4) is 0 Å². The number of alkyl halides is 3. The summed E-state index contributed by atoms with van der Waals surface area (Å²) in [5.41, 5.74) is -0.536. The van der Waals surface area contributed by atoms with Crippen molar-refractivity contribution in [3.63, 3.8) is 0 Å². The van der Waals surface area contributed by atoms with Crippen molar-refractivity contribution in [2.24, 2.45) is 5.41 Å². The van der Waals surface area contributed by atoms with E-state index in [0.717, 1.165) is 6.54 Å². The van der Waals surface area contributed by atoms with E-state index in [0.29, 0.717) is 19.4 Å². The Hall–Kier alpha value is -0.580. The van der Waals surface area contributed by atoms with Gasteiger partial charge in [0.15, 0.2) is 0 Å². The van der Waals surface area contributed by atoms with Crippen LogP contribution in [0.2, 0.25) is 0 Å². The molecule has 1 saturated heterocycles. The lowest BCUT2D eigenvalue weighted by Gasteiger charge is -2.25. The van der Waals surface area contributed by atoms with Gasteiger partial charge in [-0.1, -0.05) is 6.92 Å². The summed E-state index contributed by atoms with van der Waals surface area (Å²) in [5, 5.41) is 3.04. The molecule has 1 atom stereocenters. The van der Waals surface area contributed by atoms with Crippen LogP contribution in [0.15, 0.2) is 0 Å². The third-order valence-electron chi connectivity index (χ3n) is 3.15. The fourth-order valence-electron chi connectivity index (χ4n) is 2.00. The average Bonchev–Trinajstić information content (AvgIpc) is 2.62. The third kappa shape index (κ3) is 3.19. The molecule has 2 nitrogen and oxygen atoms in total. The van der Waals surface area contributed by atoms with Gasteiger partial charge in [-0.25, -0.2) is 0 Å². The molecule has 0 aromatic heterocycles. The van der Waals surface area contributed by atoms with Gasteiger partial charge in [0.25, 0.3) is 0 Å². The van der Waals surface area contributed by atoms with E-state index in [2.05, 4.69) is 5.32 Å². The van der Waals surface area contributed by atoms with Crippen LogP contribution in [0, 0.1) is 5.41 Å². The Morgan fingerprint density at radius 2 is 2.13 bits per heavy atom. The quantitative estimate of drug-likeness (QED) is 0.792. The van der Waals surface area contributed by atoms with Crippen molar-refractivity contribution < 1.29 is 18.0 Å². The van der Waals surface area contributed by atoms with Crippen molar-refractivity contribution in [1.29, 1.82) is 0 Å². The molecule has 1 rings (SSSR count). The number of nitrogens with one attached hydrogen (secondary N) is 1. The smallest absolute Gasteiger partial charge is 0.316 e. The fourth-order valence-corrected chi connectivity index (χ4v) is 2.00. The summed E-state index contributed by atoms with van der Waals surface area (Å²) in [6.45, 7) is 3.12. The molecule has 0 amide bonds. The molecule has 0 aliphatic carbocycles. The zero-order chi connectivity index (χ0) is 11.5. The topological polar surface area (TPSA) is 29.1 Å². The standard InChI is InChI=1S/C10H16F3NO/c1-2-9(5-6-14-7-9)8(15)3-4-10(11,12)13/h14H,2-7H2,1H3. The van der Waals surface area contributed by atoms with Gasteiger partial charge in [0.1, 0.15) is 5.78 Å². The lowest BCUT2D eigenvalue weighted by atomic mass is 9.78. The molecule has 0 bridgehead atoms. The highest BCUT2D eigenvalue weighted by Gasteiger charge is 2.40. The van der Waals surface area contributed by atoms with Gasteiger partial charge in [0.2, 0.25) is 0 Å². The zero-order valence-corrected chi connectivity index (χ0v) is 8.78. The highest BCUT2D eigenvalue weighted by molar-refractivity contribution is 5.85. The highest BCUT2D eigenvalue weighted by Crippen LogP contribution is 2.33.